The van der Waals surface area contributed by atoms with Crippen LogP contribution in [0.3, 0.4) is 0 Å². The number of sulfonamides is 1. The van der Waals surface area contributed by atoms with E-state index in [4.69, 9.17) is 27.0 Å². The molecule has 1 aromatic rings. The lowest BCUT2D eigenvalue weighted by Gasteiger charge is -2.35. The maximum atomic E-state index is 14.8. The number of hydrogen-bond donors (Lipinski definition) is 1. The number of piperazine rings is 1. The lowest BCUT2D eigenvalue weighted by atomic mass is 10.2. The van der Waals surface area contributed by atoms with E-state index in [2.05, 4.69) is 5.32 Å². The van der Waals surface area contributed by atoms with Crippen LogP contribution >= 0.6 is 12.2 Å². The number of thiocarbonyl (C=S) groups is 1. The summed E-state index contributed by atoms with van der Waals surface area (Å²) in [4.78, 5) is 15.2. The number of carbonyl (C=O) groups excluding carboxylic acids is 1. The Labute approximate surface area is 185 Å². The van der Waals surface area contributed by atoms with E-state index in [9.17, 15) is 17.6 Å². The molecule has 1 aromatic carbocycles. The number of rotatable bonds is 6. The van der Waals surface area contributed by atoms with Crippen LogP contribution in [0.25, 0.3) is 0 Å². The second-order valence-electron chi connectivity index (χ2n) is 6.93. The topological polar surface area (TPSA) is 115 Å². The van der Waals surface area contributed by atoms with Gasteiger partial charge in [-0.15, -0.1) is 0 Å². The van der Waals surface area contributed by atoms with Gasteiger partial charge in [0.1, 0.15) is 11.9 Å². The van der Waals surface area contributed by atoms with Crippen LogP contribution in [0.4, 0.5) is 20.6 Å². The molecule has 31 heavy (non-hydrogen) atoms. The normalized spacial score (nSPS) is 19.6. The summed E-state index contributed by atoms with van der Waals surface area (Å²) in [5.74, 6) is -1.10. The third kappa shape index (κ3) is 5.33. The SMILES string of the molecule is COC(=S)NC[C@H]1CN(c2ccc(N3CCN(S(=O)(=O)CC#N)CC3)c(F)c2)C(=O)O1. The second-order valence-corrected chi connectivity index (χ2v) is 9.26. The molecule has 1 N–H and O–H groups in total. The Hall–Kier alpha value is -2.69. The summed E-state index contributed by atoms with van der Waals surface area (Å²) in [6.45, 7) is 1.42. The number of nitrogens with zero attached hydrogens (tertiary/aromatic N) is 4. The summed E-state index contributed by atoms with van der Waals surface area (Å²) < 4.78 is 50.1. The molecule has 3 rings (SSSR count). The largest absolute Gasteiger partial charge is 0.474 e. The van der Waals surface area contributed by atoms with Gasteiger partial charge in [-0.05, 0) is 30.4 Å². The molecule has 0 unspecified atom stereocenters. The van der Waals surface area contributed by atoms with E-state index in [0.717, 1.165) is 0 Å². The van der Waals surface area contributed by atoms with E-state index in [1.54, 1.807) is 23.1 Å². The van der Waals surface area contributed by atoms with Crippen LogP contribution in [0.2, 0.25) is 0 Å². The van der Waals surface area contributed by atoms with Crippen LogP contribution in [0, 0.1) is 17.1 Å². The van der Waals surface area contributed by atoms with Crippen molar-refractivity contribution in [3.63, 3.8) is 0 Å². The minimum atomic E-state index is -3.62. The van der Waals surface area contributed by atoms with Gasteiger partial charge in [0.25, 0.3) is 5.17 Å². The van der Waals surface area contributed by atoms with E-state index in [0.29, 0.717) is 24.5 Å². The first kappa shape index (κ1) is 23.0. The zero-order valence-electron chi connectivity index (χ0n) is 16.8. The molecule has 1 amide bonds. The molecular formula is C18H22FN5O5S2. The molecule has 0 aliphatic carbocycles. The van der Waals surface area contributed by atoms with E-state index in [1.807, 2.05) is 0 Å². The van der Waals surface area contributed by atoms with Gasteiger partial charge in [0.2, 0.25) is 10.0 Å². The Morgan fingerprint density at radius 3 is 2.71 bits per heavy atom. The first-order valence-corrected chi connectivity index (χ1v) is 11.5. The summed E-state index contributed by atoms with van der Waals surface area (Å²) in [6, 6.07) is 6.08. The van der Waals surface area contributed by atoms with Crippen LogP contribution in [0.1, 0.15) is 0 Å². The van der Waals surface area contributed by atoms with Gasteiger partial charge in [-0.1, -0.05) is 0 Å². The number of ether oxygens (including phenoxy) is 2. The summed E-state index contributed by atoms with van der Waals surface area (Å²) in [5, 5.41) is 11.6. The van der Waals surface area contributed by atoms with Crippen molar-refractivity contribution in [3.05, 3.63) is 24.0 Å². The molecule has 0 bridgehead atoms. The van der Waals surface area contributed by atoms with Gasteiger partial charge in [-0.3, -0.25) is 4.90 Å². The molecule has 2 saturated heterocycles. The standard InChI is InChI=1S/C18H22FN5O5S2/c1-28-17(30)21-11-14-12-24(18(25)29-14)13-2-3-16(15(19)10-13)22-5-7-23(8-6-22)31(26,27)9-4-20/h2-3,10,14H,5-9,11-12H2,1H3,(H,21,30)/t14-/m0/s1. The number of nitrogens with one attached hydrogen (secondary N) is 1. The van der Waals surface area contributed by atoms with Crippen molar-refractivity contribution in [1.82, 2.24) is 9.62 Å². The van der Waals surface area contributed by atoms with Crippen molar-refractivity contribution in [2.75, 3.05) is 61.9 Å². The fraction of sp³-hybridized carbons (Fsp3) is 0.500. The first-order chi connectivity index (χ1) is 14.7. The molecule has 2 heterocycles. The van der Waals surface area contributed by atoms with Crippen LogP contribution in [-0.2, 0) is 19.5 Å². The molecule has 0 saturated carbocycles. The van der Waals surface area contributed by atoms with Gasteiger partial charge in [-0.25, -0.2) is 17.6 Å². The van der Waals surface area contributed by atoms with E-state index in [-0.39, 0.29) is 31.4 Å². The minimum Gasteiger partial charge on any atom is -0.474 e. The molecule has 13 heteroatoms. The monoisotopic (exact) mass is 471 g/mol. The zero-order chi connectivity index (χ0) is 22.6. The third-order valence-electron chi connectivity index (χ3n) is 5.00. The average molecular weight is 472 g/mol. The summed E-state index contributed by atoms with van der Waals surface area (Å²) in [5.41, 5.74) is 0.676. The number of carbonyl (C=O) groups is 1. The predicted molar refractivity (Wildman–Crippen MR) is 115 cm³/mol. The molecule has 2 aliphatic rings. The number of benzene rings is 1. The number of cyclic esters (lactones) is 1. The van der Waals surface area contributed by atoms with Crippen LogP contribution in [-0.4, -0.2) is 82.2 Å². The molecule has 0 aromatic heterocycles. The molecule has 0 radical (unpaired) electrons. The lowest BCUT2D eigenvalue weighted by Crippen LogP contribution is -2.49. The van der Waals surface area contributed by atoms with E-state index in [1.165, 1.54) is 22.4 Å². The van der Waals surface area contributed by atoms with Gasteiger partial charge in [0, 0.05) is 26.2 Å². The highest BCUT2D eigenvalue weighted by atomic mass is 32.2. The van der Waals surface area contributed by atoms with Gasteiger partial charge in [-0.2, -0.15) is 9.57 Å². The van der Waals surface area contributed by atoms with E-state index >= 15 is 0 Å². The van der Waals surface area contributed by atoms with Crippen molar-refractivity contribution in [1.29, 1.82) is 5.26 Å². The maximum Gasteiger partial charge on any atom is 0.414 e. The van der Waals surface area contributed by atoms with Crippen LogP contribution in [0.5, 0.6) is 0 Å². The number of halogens is 1. The van der Waals surface area contributed by atoms with Crippen molar-refractivity contribution < 1.29 is 27.1 Å². The fourth-order valence-corrected chi connectivity index (χ4v) is 4.56. The van der Waals surface area contributed by atoms with Crippen LogP contribution < -0.4 is 15.1 Å². The molecule has 2 aliphatic heterocycles. The minimum absolute atomic E-state index is 0.168. The fourth-order valence-electron chi connectivity index (χ4n) is 3.41. The molecule has 1 atom stereocenters. The number of hydrogen-bond acceptors (Lipinski definition) is 8. The highest BCUT2D eigenvalue weighted by Gasteiger charge is 2.33. The van der Waals surface area contributed by atoms with Crippen molar-refractivity contribution in [2.24, 2.45) is 0 Å². The predicted octanol–water partition coefficient (Wildman–Crippen LogP) is 0.647. The van der Waals surface area contributed by atoms with E-state index < -0.39 is 33.8 Å². The zero-order valence-corrected chi connectivity index (χ0v) is 18.4. The second kappa shape index (κ2) is 9.63. The average Bonchev–Trinajstić information content (AvgIpc) is 3.12. The Balaban J connectivity index is 1.63. The Kier molecular flexibility index (Phi) is 7.14. The highest BCUT2D eigenvalue weighted by Crippen LogP contribution is 2.28. The third-order valence-corrected chi connectivity index (χ3v) is 6.95. The highest BCUT2D eigenvalue weighted by molar-refractivity contribution is 7.89. The Morgan fingerprint density at radius 2 is 2.10 bits per heavy atom. The number of amides is 1. The summed E-state index contributed by atoms with van der Waals surface area (Å²) in [6.07, 6.45) is -1.05. The van der Waals surface area contributed by atoms with Crippen molar-refractivity contribution in [2.45, 2.75) is 6.10 Å². The van der Waals surface area contributed by atoms with Gasteiger partial charge in [0.05, 0.1) is 37.6 Å². The smallest absolute Gasteiger partial charge is 0.414 e. The molecule has 10 nitrogen and oxygen atoms in total. The number of anilines is 2. The first-order valence-electron chi connectivity index (χ1n) is 9.44. The summed E-state index contributed by atoms with van der Waals surface area (Å²) >= 11 is 4.88. The van der Waals surface area contributed by atoms with Gasteiger partial charge in [0.15, 0.2) is 5.75 Å². The Morgan fingerprint density at radius 1 is 1.39 bits per heavy atom. The van der Waals surface area contributed by atoms with Crippen molar-refractivity contribution >= 4 is 44.9 Å². The molecule has 0 spiro atoms. The summed E-state index contributed by atoms with van der Waals surface area (Å²) in [7, 11) is -2.19. The lowest BCUT2D eigenvalue weighted by molar-refractivity contribution is 0.142. The molecular weight excluding hydrogens is 449 g/mol. The maximum absolute atomic E-state index is 14.8. The van der Waals surface area contributed by atoms with Gasteiger partial charge < -0.3 is 19.7 Å². The Bertz CT molecular complexity index is 992. The molecule has 2 fully saturated rings. The van der Waals surface area contributed by atoms with Crippen molar-refractivity contribution in [3.8, 4) is 6.07 Å². The number of methoxy groups -OCH3 is 1. The quantitative estimate of drug-likeness (QED) is 0.597. The molecule has 168 valence electrons. The number of nitriles is 1. The van der Waals surface area contributed by atoms with Gasteiger partial charge >= 0.3 is 6.09 Å². The van der Waals surface area contributed by atoms with Crippen LogP contribution in [0.15, 0.2) is 18.2 Å².